The van der Waals surface area contributed by atoms with E-state index in [-0.39, 0.29) is 11.6 Å². The van der Waals surface area contributed by atoms with Crippen molar-refractivity contribution in [3.05, 3.63) is 107 Å². The number of morpholine rings is 1. The van der Waals surface area contributed by atoms with Crippen LogP contribution in [0.5, 0.6) is 5.75 Å². The molecule has 1 saturated heterocycles. The molecule has 0 radical (unpaired) electrons. The molecule has 0 aliphatic carbocycles. The number of benzene rings is 3. The van der Waals surface area contributed by atoms with Crippen LogP contribution < -0.4 is 4.74 Å². The van der Waals surface area contributed by atoms with Crippen LogP contribution >= 0.6 is 0 Å². The summed E-state index contributed by atoms with van der Waals surface area (Å²) in [6.45, 7) is 3.75. The maximum atomic E-state index is 13.3. The quantitative estimate of drug-likeness (QED) is 0.375. The van der Waals surface area contributed by atoms with Crippen LogP contribution in [0.25, 0.3) is 5.57 Å². The van der Waals surface area contributed by atoms with Crippen LogP contribution in [-0.2, 0) is 11.3 Å². The monoisotopic (exact) mass is 441 g/mol. The molecule has 1 aliphatic heterocycles. The first-order valence-corrected chi connectivity index (χ1v) is 11.0. The normalized spacial score (nSPS) is 14.6. The topological polar surface area (TPSA) is 55.8 Å². The van der Waals surface area contributed by atoms with E-state index >= 15 is 0 Å². The largest absolute Gasteiger partial charge is 0.496 e. The lowest BCUT2D eigenvalue weighted by molar-refractivity contribution is 0.0338. The predicted octanol–water partition coefficient (Wildman–Crippen LogP) is 4.68. The van der Waals surface area contributed by atoms with E-state index in [2.05, 4.69) is 4.90 Å². The van der Waals surface area contributed by atoms with Crippen LogP contribution in [-0.4, -0.2) is 49.9 Å². The molecule has 5 heteroatoms. The number of carbonyl (C=O) groups excluding carboxylic acids is 2. The molecule has 5 nitrogen and oxygen atoms in total. The molecule has 0 bridgehead atoms. The van der Waals surface area contributed by atoms with E-state index in [9.17, 15) is 9.59 Å². The third kappa shape index (κ3) is 5.64. The lowest BCUT2D eigenvalue weighted by Gasteiger charge is -2.27. The highest BCUT2D eigenvalue weighted by Crippen LogP contribution is 2.25. The molecule has 33 heavy (non-hydrogen) atoms. The summed E-state index contributed by atoms with van der Waals surface area (Å²) in [7, 11) is 1.63. The molecule has 168 valence electrons. The third-order valence-corrected chi connectivity index (χ3v) is 5.70. The molecular formula is C28H27NO4. The summed E-state index contributed by atoms with van der Waals surface area (Å²) in [6, 6.07) is 23.7. The van der Waals surface area contributed by atoms with Crippen molar-refractivity contribution in [2.75, 3.05) is 33.4 Å². The lowest BCUT2D eigenvalue weighted by atomic mass is 9.94. The molecule has 3 aromatic rings. The van der Waals surface area contributed by atoms with Gasteiger partial charge in [-0.2, -0.15) is 0 Å². The van der Waals surface area contributed by atoms with E-state index < -0.39 is 0 Å². The van der Waals surface area contributed by atoms with Gasteiger partial charge < -0.3 is 9.47 Å². The minimum atomic E-state index is -0.219. The molecule has 0 aromatic heterocycles. The molecule has 4 rings (SSSR count). The fraction of sp³-hybridized carbons (Fsp3) is 0.214. The van der Waals surface area contributed by atoms with E-state index in [1.165, 1.54) is 6.08 Å². The number of Topliss-reactive ketones (excluding diaryl/α,β-unsaturated/α-hetero) is 1. The van der Waals surface area contributed by atoms with E-state index in [0.29, 0.717) is 42.0 Å². The number of hydrogen-bond donors (Lipinski definition) is 0. The van der Waals surface area contributed by atoms with Crippen molar-refractivity contribution < 1.29 is 19.1 Å². The Bertz CT molecular complexity index is 1130. The number of methoxy groups -OCH3 is 1. The summed E-state index contributed by atoms with van der Waals surface area (Å²) >= 11 is 0. The van der Waals surface area contributed by atoms with Gasteiger partial charge >= 0.3 is 0 Å². The van der Waals surface area contributed by atoms with E-state index in [1.54, 1.807) is 25.3 Å². The Morgan fingerprint density at radius 3 is 2.15 bits per heavy atom. The first-order valence-electron chi connectivity index (χ1n) is 11.0. The van der Waals surface area contributed by atoms with Gasteiger partial charge in [-0.25, -0.2) is 0 Å². The van der Waals surface area contributed by atoms with E-state index in [4.69, 9.17) is 9.47 Å². The molecule has 1 aliphatic rings. The Morgan fingerprint density at radius 1 is 0.879 bits per heavy atom. The first-order chi connectivity index (χ1) is 16.2. The van der Waals surface area contributed by atoms with Gasteiger partial charge in [0.15, 0.2) is 11.6 Å². The molecule has 1 heterocycles. The van der Waals surface area contributed by atoms with Crippen LogP contribution in [0.4, 0.5) is 0 Å². The number of ketones is 2. The van der Waals surface area contributed by atoms with Crippen molar-refractivity contribution >= 4 is 17.1 Å². The maximum Gasteiger partial charge on any atom is 0.193 e. The molecule has 0 atom stereocenters. The molecule has 0 spiro atoms. The second-order valence-corrected chi connectivity index (χ2v) is 7.90. The zero-order valence-electron chi connectivity index (χ0n) is 18.7. The van der Waals surface area contributed by atoms with Crippen LogP contribution in [0.3, 0.4) is 0 Å². The molecule has 0 unspecified atom stereocenters. The van der Waals surface area contributed by atoms with Crippen molar-refractivity contribution in [3.8, 4) is 5.75 Å². The Hall–Kier alpha value is -3.54. The average molecular weight is 442 g/mol. The summed E-state index contributed by atoms with van der Waals surface area (Å²) in [4.78, 5) is 28.9. The zero-order valence-corrected chi connectivity index (χ0v) is 18.7. The number of nitrogens with zero attached hydrogens (tertiary/aromatic N) is 1. The van der Waals surface area contributed by atoms with Gasteiger partial charge in [0, 0.05) is 41.9 Å². The molecular weight excluding hydrogens is 414 g/mol. The fourth-order valence-electron chi connectivity index (χ4n) is 3.91. The van der Waals surface area contributed by atoms with Gasteiger partial charge in [-0.3, -0.25) is 14.5 Å². The zero-order chi connectivity index (χ0) is 23.0. The van der Waals surface area contributed by atoms with Gasteiger partial charge in [0.2, 0.25) is 0 Å². The Kier molecular flexibility index (Phi) is 7.45. The van der Waals surface area contributed by atoms with Gasteiger partial charge in [0.05, 0.1) is 20.3 Å². The third-order valence-electron chi connectivity index (χ3n) is 5.70. The van der Waals surface area contributed by atoms with Crippen molar-refractivity contribution in [2.45, 2.75) is 6.54 Å². The average Bonchev–Trinajstić information content (AvgIpc) is 2.88. The predicted molar refractivity (Wildman–Crippen MR) is 129 cm³/mol. The lowest BCUT2D eigenvalue weighted by Crippen LogP contribution is -2.35. The summed E-state index contributed by atoms with van der Waals surface area (Å²) in [5.41, 5.74) is 3.09. The second-order valence-electron chi connectivity index (χ2n) is 7.90. The SMILES string of the molecule is COc1ccc(C(=O)/C=C(\C(=O)c2ccccc2)c2ccccc2)cc1CN1CCOCC1. The second kappa shape index (κ2) is 10.9. The molecule has 0 amide bonds. The van der Waals surface area contributed by atoms with Gasteiger partial charge in [-0.05, 0) is 29.8 Å². The van der Waals surface area contributed by atoms with Crippen LogP contribution in [0.1, 0.15) is 31.8 Å². The Labute approximate surface area is 194 Å². The summed E-state index contributed by atoms with van der Waals surface area (Å²) < 4.78 is 11.0. The minimum absolute atomic E-state index is 0.183. The van der Waals surface area contributed by atoms with E-state index in [0.717, 1.165) is 24.4 Å². The van der Waals surface area contributed by atoms with Crippen molar-refractivity contribution in [3.63, 3.8) is 0 Å². The number of ether oxygens (including phenoxy) is 2. The number of allylic oxidation sites excluding steroid dienone is 2. The van der Waals surface area contributed by atoms with Crippen LogP contribution in [0, 0.1) is 0 Å². The van der Waals surface area contributed by atoms with Gasteiger partial charge in [0.25, 0.3) is 0 Å². The highest BCUT2D eigenvalue weighted by atomic mass is 16.5. The van der Waals surface area contributed by atoms with Crippen LogP contribution in [0.2, 0.25) is 0 Å². The van der Waals surface area contributed by atoms with Crippen molar-refractivity contribution in [1.29, 1.82) is 0 Å². The minimum Gasteiger partial charge on any atom is -0.496 e. The van der Waals surface area contributed by atoms with Gasteiger partial charge in [0.1, 0.15) is 5.75 Å². The molecule has 1 fully saturated rings. The van der Waals surface area contributed by atoms with Crippen LogP contribution in [0.15, 0.2) is 84.9 Å². The molecule has 0 N–H and O–H groups in total. The summed E-state index contributed by atoms with van der Waals surface area (Å²) in [6.07, 6.45) is 1.45. The molecule has 0 saturated carbocycles. The summed E-state index contributed by atoms with van der Waals surface area (Å²) in [5, 5.41) is 0. The number of rotatable bonds is 8. The van der Waals surface area contributed by atoms with Gasteiger partial charge in [-0.1, -0.05) is 60.7 Å². The summed E-state index contributed by atoms with van der Waals surface area (Å²) in [5.74, 6) is 0.340. The first kappa shape index (κ1) is 22.6. The molecule has 3 aromatic carbocycles. The Balaban J connectivity index is 1.67. The Morgan fingerprint density at radius 2 is 1.52 bits per heavy atom. The van der Waals surface area contributed by atoms with E-state index in [1.807, 2.05) is 60.7 Å². The smallest absolute Gasteiger partial charge is 0.193 e. The maximum absolute atomic E-state index is 13.3. The fourth-order valence-corrected chi connectivity index (χ4v) is 3.91. The van der Waals surface area contributed by atoms with Crippen molar-refractivity contribution in [2.24, 2.45) is 0 Å². The van der Waals surface area contributed by atoms with Gasteiger partial charge in [-0.15, -0.1) is 0 Å². The standard InChI is InChI=1S/C28H27NO4/c1-32-27-13-12-23(18-24(27)20-29-14-16-33-17-15-29)26(30)19-25(21-8-4-2-5-9-21)28(31)22-10-6-3-7-11-22/h2-13,18-19H,14-17,20H2,1H3/b25-19-. The number of carbonyl (C=O) groups is 2. The highest BCUT2D eigenvalue weighted by molar-refractivity contribution is 6.32. The van der Waals surface area contributed by atoms with Crippen molar-refractivity contribution in [1.82, 2.24) is 4.90 Å². The highest BCUT2D eigenvalue weighted by Gasteiger charge is 2.18. The number of hydrogen-bond acceptors (Lipinski definition) is 5.